The third-order valence-corrected chi connectivity index (χ3v) is 7.59. The number of carbonyl (C=O) groups is 1. The monoisotopic (exact) mass is 493 g/mol. The fraction of sp³-hybridized carbons (Fsp3) is 0.385. The van der Waals surface area contributed by atoms with Gasteiger partial charge < -0.3 is 9.64 Å². The molecule has 2 aromatic heterocycles. The van der Waals surface area contributed by atoms with Gasteiger partial charge in [-0.3, -0.25) is 14.0 Å². The molecular formula is C26H31N5O3S. The molecule has 0 spiro atoms. The lowest BCUT2D eigenvalue weighted by atomic mass is 9.95. The maximum atomic E-state index is 13.7. The van der Waals surface area contributed by atoms with E-state index in [0.29, 0.717) is 20.6 Å². The van der Waals surface area contributed by atoms with Crippen LogP contribution < -0.4 is 19.8 Å². The van der Waals surface area contributed by atoms with Crippen molar-refractivity contribution in [2.24, 2.45) is 12.0 Å². The molecule has 0 saturated carbocycles. The van der Waals surface area contributed by atoms with Crippen LogP contribution in [0.4, 0.5) is 5.69 Å². The molecular weight excluding hydrogens is 462 g/mol. The van der Waals surface area contributed by atoms with Gasteiger partial charge in [0.15, 0.2) is 4.80 Å². The van der Waals surface area contributed by atoms with Gasteiger partial charge in [0.2, 0.25) is 0 Å². The van der Waals surface area contributed by atoms with E-state index in [4.69, 9.17) is 4.74 Å². The number of carbonyl (C=O) groups excluding carboxylic acids is 1. The Labute approximate surface area is 208 Å². The zero-order valence-corrected chi connectivity index (χ0v) is 22.1. The number of hydrogen-bond acceptors (Lipinski definition) is 7. The molecule has 35 heavy (non-hydrogen) atoms. The van der Waals surface area contributed by atoms with E-state index in [1.807, 2.05) is 51.2 Å². The fourth-order valence-electron chi connectivity index (χ4n) is 4.59. The lowest BCUT2D eigenvalue weighted by Crippen LogP contribution is -2.39. The number of anilines is 1. The van der Waals surface area contributed by atoms with Crippen molar-refractivity contribution >= 4 is 29.1 Å². The number of hydrogen-bond donors (Lipinski definition) is 0. The highest BCUT2D eigenvalue weighted by molar-refractivity contribution is 7.07. The van der Waals surface area contributed by atoms with Crippen LogP contribution >= 0.6 is 11.3 Å². The summed E-state index contributed by atoms with van der Waals surface area (Å²) in [5, 5.41) is 4.46. The number of allylic oxidation sites excluding steroid dienone is 1. The largest absolute Gasteiger partial charge is 0.466 e. The molecule has 184 valence electrons. The van der Waals surface area contributed by atoms with Gasteiger partial charge in [-0.15, -0.1) is 0 Å². The second kappa shape index (κ2) is 9.65. The Balaban J connectivity index is 1.93. The molecule has 8 nitrogen and oxygen atoms in total. The number of ether oxygens (including phenoxy) is 1. The summed E-state index contributed by atoms with van der Waals surface area (Å²) in [6, 6.07) is 7.40. The van der Waals surface area contributed by atoms with Gasteiger partial charge in [0, 0.05) is 37.1 Å². The summed E-state index contributed by atoms with van der Waals surface area (Å²) in [6.07, 6.45) is 1.87. The molecule has 4 rings (SSSR count). The van der Waals surface area contributed by atoms with Crippen LogP contribution in [0, 0.1) is 13.8 Å². The standard InChI is InChI=1S/C26H31N5O3S/c1-8-30(9-2)19-12-10-18(11-13-19)23-22(25(33)34-7)16(4)27-26-31(23)24(32)21(35-26)14-20-15(3)28-29(6)17(20)5/h10-14,23H,8-9H2,1-7H3. The summed E-state index contributed by atoms with van der Waals surface area (Å²) in [5.41, 5.74) is 5.40. The molecule has 1 aliphatic heterocycles. The first-order valence-electron chi connectivity index (χ1n) is 11.7. The quantitative estimate of drug-likeness (QED) is 0.493. The first-order valence-corrected chi connectivity index (χ1v) is 12.5. The van der Waals surface area contributed by atoms with Crippen LogP contribution in [0.5, 0.6) is 0 Å². The average molecular weight is 494 g/mol. The molecule has 1 aliphatic rings. The van der Waals surface area contributed by atoms with Crippen molar-refractivity contribution in [1.29, 1.82) is 0 Å². The molecule has 0 radical (unpaired) electrons. The first-order chi connectivity index (χ1) is 16.7. The minimum Gasteiger partial charge on any atom is -0.466 e. The number of methoxy groups -OCH3 is 1. The van der Waals surface area contributed by atoms with Crippen molar-refractivity contribution in [3.63, 3.8) is 0 Å². The van der Waals surface area contributed by atoms with Gasteiger partial charge in [0.25, 0.3) is 5.56 Å². The van der Waals surface area contributed by atoms with Crippen LogP contribution in [0.3, 0.4) is 0 Å². The SMILES string of the molecule is CCN(CC)c1ccc(C2C(C(=O)OC)=C(C)N=c3sc(=Cc4c(C)nn(C)c4C)c(=O)n32)cc1. The van der Waals surface area contributed by atoms with Crippen LogP contribution in [0.25, 0.3) is 6.08 Å². The van der Waals surface area contributed by atoms with Gasteiger partial charge in [-0.05, 0) is 58.4 Å². The predicted octanol–water partition coefficient (Wildman–Crippen LogP) is 2.60. The lowest BCUT2D eigenvalue weighted by molar-refractivity contribution is -0.136. The molecule has 3 aromatic rings. The Hall–Kier alpha value is -3.46. The maximum absolute atomic E-state index is 13.7. The van der Waals surface area contributed by atoms with E-state index in [2.05, 4.69) is 28.8 Å². The Bertz CT molecular complexity index is 1490. The maximum Gasteiger partial charge on any atom is 0.338 e. The molecule has 0 saturated heterocycles. The van der Waals surface area contributed by atoms with Gasteiger partial charge in [0.1, 0.15) is 0 Å². The van der Waals surface area contributed by atoms with Crippen molar-refractivity contribution in [1.82, 2.24) is 14.3 Å². The van der Waals surface area contributed by atoms with Crippen LogP contribution in [0.15, 0.2) is 45.3 Å². The molecule has 1 aromatic carbocycles. The fourth-order valence-corrected chi connectivity index (χ4v) is 5.62. The third-order valence-electron chi connectivity index (χ3n) is 6.60. The Kier molecular flexibility index (Phi) is 6.80. The summed E-state index contributed by atoms with van der Waals surface area (Å²) in [4.78, 5) is 34.0. The van der Waals surface area contributed by atoms with Gasteiger partial charge >= 0.3 is 5.97 Å². The minimum atomic E-state index is -0.623. The number of nitrogens with zero attached hydrogens (tertiary/aromatic N) is 5. The van der Waals surface area contributed by atoms with E-state index in [-0.39, 0.29) is 5.56 Å². The van der Waals surface area contributed by atoms with E-state index >= 15 is 0 Å². The van der Waals surface area contributed by atoms with Crippen molar-refractivity contribution in [3.05, 3.63) is 77.7 Å². The number of aromatic nitrogens is 3. The van der Waals surface area contributed by atoms with Gasteiger partial charge in [-0.2, -0.15) is 5.10 Å². The highest BCUT2D eigenvalue weighted by Crippen LogP contribution is 2.31. The summed E-state index contributed by atoms with van der Waals surface area (Å²) < 4.78 is 9.07. The van der Waals surface area contributed by atoms with E-state index in [1.165, 1.54) is 18.4 Å². The van der Waals surface area contributed by atoms with Crippen LogP contribution in [-0.4, -0.2) is 40.5 Å². The van der Waals surface area contributed by atoms with E-state index < -0.39 is 12.0 Å². The van der Waals surface area contributed by atoms with E-state index in [9.17, 15) is 9.59 Å². The molecule has 9 heteroatoms. The van der Waals surface area contributed by atoms with Crippen LogP contribution in [0.2, 0.25) is 0 Å². The average Bonchev–Trinajstić information content (AvgIpc) is 3.28. The third kappa shape index (κ3) is 4.25. The van der Waals surface area contributed by atoms with Crippen molar-refractivity contribution < 1.29 is 9.53 Å². The lowest BCUT2D eigenvalue weighted by Gasteiger charge is -2.26. The molecule has 0 N–H and O–H groups in total. The van der Waals surface area contributed by atoms with E-state index in [1.54, 1.807) is 16.2 Å². The van der Waals surface area contributed by atoms with Gasteiger partial charge in [0.05, 0.1) is 34.6 Å². The first kappa shape index (κ1) is 24.7. The smallest absolute Gasteiger partial charge is 0.338 e. The normalized spacial score (nSPS) is 15.7. The number of fused-ring (bicyclic) bond motifs is 1. The molecule has 0 aliphatic carbocycles. The molecule has 1 unspecified atom stereocenters. The Morgan fingerprint density at radius 2 is 1.83 bits per heavy atom. The summed E-state index contributed by atoms with van der Waals surface area (Å²) in [6.45, 7) is 11.7. The minimum absolute atomic E-state index is 0.192. The van der Waals surface area contributed by atoms with Crippen LogP contribution in [-0.2, 0) is 16.6 Å². The van der Waals surface area contributed by atoms with Gasteiger partial charge in [-0.1, -0.05) is 23.5 Å². The molecule has 0 bridgehead atoms. The highest BCUT2D eigenvalue weighted by Gasteiger charge is 2.33. The zero-order valence-electron chi connectivity index (χ0n) is 21.2. The Morgan fingerprint density at radius 1 is 1.17 bits per heavy atom. The number of rotatable bonds is 6. The summed E-state index contributed by atoms with van der Waals surface area (Å²) >= 11 is 1.32. The van der Waals surface area contributed by atoms with Crippen molar-refractivity contribution in [3.8, 4) is 0 Å². The van der Waals surface area contributed by atoms with Gasteiger partial charge in [-0.25, -0.2) is 9.79 Å². The molecule has 1 atom stereocenters. The predicted molar refractivity (Wildman–Crippen MR) is 138 cm³/mol. The number of aryl methyl sites for hydroxylation is 2. The highest BCUT2D eigenvalue weighted by atomic mass is 32.1. The second-order valence-electron chi connectivity index (χ2n) is 8.55. The number of thiazole rings is 1. The molecule has 3 heterocycles. The topological polar surface area (TPSA) is 81.7 Å². The molecule has 0 amide bonds. The number of esters is 1. The molecule has 0 fully saturated rings. The second-order valence-corrected chi connectivity index (χ2v) is 9.55. The summed E-state index contributed by atoms with van der Waals surface area (Å²) in [7, 11) is 3.23. The van der Waals surface area contributed by atoms with E-state index in [0.717, 1.165) is 41.3 Å². The van der Waals surface area contributed by atoms with Crippen molar-refractivity contribution in [2.45, 2.75) is 40.7 Å². The Morgan fingerprint density at radius 3 is 2.37 bits per heavy atom. The number of benzene rings is 1. The van der Waals surface area contributed by atoms with Crippen LogP contribution in [0.1, 0.15) is 49.3 Å². The van der Waals surface area contributed by atoms with Crippen molar-refractivity contribution in [2.75, 3.05) is 25.1 Å². The zero-order chi connectivity index (χ0) is 25.4. The summed E-state index contributed by atoms with van der Waals surface area (Å²) in [5.74, 6) is -0.489.